The van der Waals surface area contributed by atoms with Crippen molar-refractivity contribution in [3.05, 3.63) is 63.4 Å². The third-order valence-corrected chi connectivity index (χ3v) is 5.67. The molecule has 0 aliphatic heterocycles. The van der Waals surface area contributed by atoms with Gasteiger partial charge in [-0.1, -0.05) is 49.3 Å². The Morgan fingerprint density at radius 2 is 1.96 bits per heavy atom. The van der Waals surface area contributed by atoms with Crippen LogP contribution in [-0.4, -0.2) is 21.2 Å². The van der Waals surface area contributed by atoms with Crippen LogP contribution in [0.1, 0.15) is 31.7 Å². The fraction of sp³-hybridized carbons (Fsp3) is 0.250. The molecule has 1 amide bonds. The van der Waals surface area contributed by atoms with Crippen molar-refractivity contribution in [3.8, 4) is 5.69 Å². The van der Waals surface area contributed by atoms with Gasteiger partial charge < -0.3 is 5.73 Å². The lowest BCUT2D eigenvalue weighted by molar-refractivity contribution is -0.115. The Hall–Kier alpha value is -2.31. The molecule has 5 nitrogen and oxygen atoms in total. The van der Waals surface area contributed by atoms with Crippen LogP contribution in [0.3, 0.4) is 0 Å². The number of nitrogens with two attached hydrogens (primary N) is 1. The second-order valence-electron chi connectivity index (χ2n) is 6.35. The maximum absolute atomic E-state index is 13.1. The highest BCUT2D eigenvalue weighted by Gasteiger charge is 2.15. The van der Waals surface area contributed by atoms with E-state index in [4.69, 9.17) is 17.3 Å². The van der Waals surface area contributed by atoms with E-state index in [9.17, 15) is 9.59 Å². The zero-order chi connectivity index (χ0) is 19.6. The second kappa shape index (κ2) is 8.15. The van der Waals surface area contributed by atoms with Crippen molar-refractivity contribution in [2.45, 2.75) is 31.3 Å². The molecule has 3 aromatic rings. The number of aromatic nitrogens is 2. The average Bonchev–Trinajstić information content (AvgIpc) is 2.65. The van der Waals surface area contributed by atoms with Crippen molar-refractivity contribution in [1.82, 2.24) is 9.55 Å². The standard InChI is InChI=1S/C20H20ClN3O2S/c1-3-12(2)13-4-7-15(8-5-13)24-19(26)16-9-6-14(21)10-17(16)23-20(24)27-11-18(22)25/h4-10,12H,3,11H2,1-2H3,(H2,22,25)/t12-/m1/s1. The summed E-state index contributed by atoms with van der Waals surface area (Å²) in [4.78, 5) is 28.9. The normalized spacial score (nSPS) is 12.3. The second-order valence-corrected chi connectivity index (χ2v) is 7.73. The molecule has 0 fully saturated rings. The number of benzene rings is 2. The molecule has 1 aromatic heterocycles. The topological polar surface area (TPSA) is 78.0 Å². The fourth-order valence-corrected chi connectivity index (χ4v) is 3.70. The van der Waals surface area contributed by atoms with Crippen LogP contribution in [0.25, 0.3) is 16.6 Å². The van der Waals surface area contributed by atoms with E-state index in [0.29, 0.717) is 32.7 Å². The highest BCUT2D eigenvalue weighted by Crippen LogP contribution is 2.25. The first kappa shape index (κ1) is 19.5. The molecule has 0 saturated carbocycles. The minimum absolute atomic E-state index is 0.0312. The van der Waals surface area contributed by atoms with Gasteiger partial charge in [-0.25, -0.2) is 4.98 Å². The van der Waals surface area contributed by atoms with Crippen LogP contribution < -0.4 is 11.3 Å². The van der Waals surface area contributed by atoms with Crippen LogP contribution in [0, 0.1) is 0 Å². The molecule has 2 N–H and O–H groups in total. The molecule has 3 rings (SSSR count). The highest BCUT2D eigenvalue weighted by molar-refractivity contribution is 7.99. The first-order chi connectivity index (χ1) is 12.9. The molecule has 0 aliphatic carbocycles. The van der Waals surface area contributed by atoms with Gasteiger partial charge in [-0.3, -0.25) is 14.2 Å². The summed E-state index contributed by atoms with van der Waals surface area (Å²) in [6.45, 7) is 4.30. The number of hydrogen-bond acceptors (Lipinski definition) is 4. The van der Waals surface area contributed by atoms with E-state index >= 15 is 0 Å². The van der Waals surface area contributed by atoms with Gasteiger partial charge in [-0.15, -0.1) is 0 Å². The first-order valence-corrected chi connectivity index (χ1v) is 10.0. The van der Waals surface area contributed by atoms with Gasteiger partial charge in [-0.2, -0.15) is 0 Å². The van der Waals surface area contributed by atoms with Crippen molar-refractivity contribution in [3.63, 3.8) is 0 Å². The van der Waals surface area contributed by atoms with Gasteiger partial charge in [0, 0.05) is 5.02 Å². The molecule has 0 spiro atoms. The van der Waals surface area contributed by atoms with Crippen LogP contribution in [-0.2, 0) is 4.79 Å². The van der Waals surface area contributed by atoms with Crippen LogP contribution in [0.2, 0.25) is 5.02 Å². The fourth-order valence-electron chi connectivity index (χ4n) is 2.79. The van der Waals surface area contributed by atoms with E-state index in [-0.39, 0.29) is 11.3 Å². The molecule has 140 valence electrons. The van der Waals surface area contributed by atoms with Gasteiger partial charge in [0.25, 0.3) is 5.56 Å². The van der Waals surface area contributed by atoms with E-state index in [2.05, 4.69) is 18.8 Å². The van der Waals surface area contributed by atoms with Gasteiger partial charge in [0.05, 0.1) is 22.3 Å². The molecular formula is C20H20ClN3O2S. The number of rotatable bonds is 6. The monoisotopic (exact) mass is 401 g/mol. The largest absolute Gasteiger partial charge is 0.369 e. The summed E-state index contributed by atoms with van der Waals surface area (Å²) < 4.78 is 1.52. The average molecular weight is 402 g/mol. The first-order valence-electron chi connectivity index (χ1n) is 8.64. The lowest BCUT2D eigenvalue weighted by atomic mass is 9.98. The Bertz CT molecular complexity index is 1050. The minimum Gasteiger partial charge on any atom is -0.369 e. The SMILES string of the molecule is CC[C@@H](C)c1ccc(-n2c(SCC(N)=O)nc3cc(Cl)ccc3c2=O)cc1. The predicted molar refractivity (Wildman–Crippen MR) is 111 cm³/mol. The van der Waals surface area contributed by atoms with Gasteiger partial charge in [-0.05, 0) is 48.2 Å². The summed E-state index contributed by atoms with van der Waals surface area (Å²) in [7, 11) is 0. The molecule has 0 radical (unpaired) electrons. The number of carbonyl (C=O) groups excluding carboxylic acids is 1. The zero-order valence-electron chi connectivity index (χ0n) is 15.1. The van der Waals surface area contributed by atoms with E-state index in [1.54, 1.807) is 18.2 Å². The Balaban J connectivity index is 2.18. The maximum Gasteiger partial charge on any atom is 0.266 e. The van der Waals surface area contributed by atoms with Crippen molar-refractivity contribution in [2.24, 2.45) is 5.73 Å². The van der Waals surface area contributed by atoms with Crippen LogP contribution in [0.5, 0.6) is 0 Å². The third-order valence-electron chi connectivity index (χ3n) is 4.48. The molecule has 27 heavy (non-hydrogen) atoms. The van der Waals surface area contributed by atoms with Crippen molar-refractivity contribution in [2.75, 3.05) is 5.75 Å². The minimum atomic E-state index is -0.473. The highest BCUT2D eigenvalue weighted by atomic mass is 35.5. The molecule has 7 heteroatoms. The number of halogens is 1. The van der Waals surface area contributed by atoms with Gasteiger partial charge >= 0.3 is 0 Å². The molecule has 1 atom stereocenters. The van der Waals surface area contributed by atoms with E-state index in [1.807, 2.05) is 24.3 Å². The molecule has 0 aliphatic rings. The summed E-state index contributed by atoms with van der Waals surface area (Å²) in [5.41, 5.74) is 7.47. The quantitative estimate of drug-likeness (QED) is 0.497. The Morgan fingerprint density at radius 1 is 1.26 bits per heavy atom. The number of carbonyl (C=O) groups is 1. The Labute approximate surface area is 166 Å². The molecule has 0 saturated heterocycles. The number of primary amides is 1. The van der Waals surface area contributed by atoms with Gasteiger partial charge in [0.1, 0.15) is 0 Å². The summed E-state index contributed by atoms with van der Waals surface area (Å²) in [6.07, 6.45) is 1.04. The molecule has 0 unspecified atom stereocenters. The molecule has 1 heterocycles. The number of thioether (sulfide) groups is 1. The lowest BCUT2D eigenvalue weighted by Crippen LogP contribution is -2.23. The summed E-state index contributed by atoms with van der Waals surface area (Å²) >= 11 is 7.17. The predicted octanol–water partition coefficient (Wildman–Crippen LogP) is 4.13. The van der Waals surface area contributed by atoms with Crippen molar-refractivity contribution in [1.29, 1.82) is 0 Å². The van der Waals surface area contributed by atoms with Crippen LogP contribution in [0.15, 0.2) is 52.4 Å². The Morgan fingerprint density at radius 3 is 2.59 bits per heavy atom. The maximum atomic E-state index is 13.1. The van der Waals surface area contributed by atoms with Crippen molar-refractivity contribution >= 4 is 40.2 Å². The summed E-state index contributed by atoms with van der Waals surface area (Å²) in [6, 6.07) is 12.8. The summed E-state index contributed by atoms with van der Waals surface area (Å²) in [5.74, 6) is -0.000768. The van der Waals surface area contributed by atoms with Gasteiger partial charge in [0.2, 0.25) is 5.91 Å². The number of hydrogen-bond donors (Lipinski definition) is 1. The molecular weight excluding hydrogens is 382 g/mol. The molecule has 0 bridgehead atoms. The van der Waals surface area contributed by atoms with Crippen LogP contribution >= 0.6 is 23.4 Å². The smallest absolute Gasteiger partial charge is 0.266 e. The molecule has 2 aromatic carbocycles. The zero-order valence-corrected chi connectivity index (χ0v) is 16.7. The number of nitrogens with zero attached hydrogens (tertiary/aromatic N) is 2. The van der Waals surface area contributed by atoms with E-state index in [0.717, 1.165) is 18.2 Å². The Kier molecular flexibility index (Phi) is 5.87. The van der Waals surface area contributed by atoms with E-state index in [1.165, 1.54) is 10.1 Å². The van der Waals surface area contributed by atoms with Crippen LogP contribution in [0.4, 0.5) is 0 Å². The summed E-state index contributed by atoms with van der Waals surface area (Å²) in [5, 5.41) is 1.37. The third kappa shape index (κ3) is 4.17. The number of amides is 1. The number of fused-ring (bicyclic) bond motifs is 1. The lowest BCUT2D eigenvalue weighted by Gasteiger charge is -2.14. The van der Waals surface area contributed by atoms with Gasteiger partial charge in [0.15, 0.2) is 5.16 Å². The van der Waals surface area contributed by atoms with E-state index < -0.39 is 5.91 Å². The van der Waals surface area contributed by atoms with Crippen molar-refractivity contribution < 1.29 is 4.79 Å².